The Balaban J connectivity index is 1.69. The molecule has 10 nitrogen and oxygen atoms in total. The molecule has 5 N–H and O–H groups in total. The van der Waals surface area contributed by atoms with Crippen LogP contribution in [-0.2, 0) is 0 Å². The summed E-state index contributed by atoms with van der Waals surface area (Å²) in [6, 6.07) is 6.12. The predicted octanol–water partition coefficient (Wildman–Crippen LogP) is 2.18. The van der Waals surface area contributed by atoms with Crippen LogP contribution in [0.25, 0.3) is 28.0 Å². The highest BCUT2D eigenvalue weighted by Gasteiger charge is 2.25. The minimum Gasteiger partial charge on any atom is -0.507 e. The summed E-state index contributed by atoms with van der Waals surface area (Å²) in [5.41, 5.74) is 4.26. The molecule has 0 radical (unpaired) electrons. The molecule has 33 heavy (non-hydrogen) atoms. The van der Waals surface area contributed by atoms with Gasteiger partial charge in [-0.2, -0.15) is 0 Å². The zero-order chi connectivity index (χ0) is 22.9. The van der Waals surface area contributed by atoms with Gasteiger partial charge >= 0.3 is 0 Å². The van der Waals surface area contributed by atoms with Gasteiger partial charge in [-0.15, -0.1) is 10.2 Å². The lowest BCUT2D eigenvalue weighted by Crippen LogP contribution is -2.43. The topological polar surface area (TPSA) is 139 Å². The Morgan fingerprint density at radius 1 is 1.21 bits per heavy atom. The van der Waals surface area contributed by atoms with Crippen molar-refractivity contribution in [3.05, 3.63) is 59.5 Å². The number of fused-ring (bicyclic) bond motifs is 1. The van der Waals surface area contributed by atoms with Crippen LogP contribution in [0.1, 0.15) is 12.7 Å². The highest BCUT2D eigenvalue weighted by molar-refractivity contribution is 6.17. The molecule has 1 aromatic carbocycles. The number of allylic oxidation sites excluding steroid dienone is 4. The van der Waals surface area contributed by atoms with Crippen LogP contribution in [0.15, 0.2) is 53.7 Å². The number of piperazine rings is 1. The van der Waals surface area contributed by atoms with Gasteiger partial charge in [-0.3, -0.25) is 5.41 Å². The molecule has 1 fully saturated rings. The second-order valence-corrected chi connectivity index (χ2v) is 7.97. The van der Waals surface area contributed by atoms with E-state index < -0.39 is 0 Å². The number of anilines is 1. The minimum absolute atomic E-state index is 0.00596. The third-order valence-electron chi connectivity index (χ3n) is 5.92. The van der Waals surface area contributed by atoms with Gasteiger partial charge in [0.05, 0.1) is 16.8 Å². The summed E-state index contributed by atoms with van der Waals surface area (Å²) in [5.74, 6) is 0.875. The number of aliphatic hydroxyl groups is 1. The highest BCUT2D eigenvalue weighted by Crippen LogP contribution is 2.34. The largest absolute Gasteiger partial charge is 0.507 e. The third-order valence-corrected chi connectivity index (χ3v) is 5.92. The number of rotatable bonds is 4. The second-order valence-electron chi connectivity index (χ2n) is 7.97. The molecule has 0 saturated carbocycles. The molecular formula is C23H25N9O. The maximum Gasteiger partial charge on any atom is 0.180 e. The number of nitrogens with zero attached hydrogens (tertiary/aromatic N) is 5. The number of benzene rings is 1. The van der Waals surface area contributed by atoms with E-state index in [2.05, 4.69) is 42.8 Å². The van der Waals surface area contributed by atoms with Crippen molar-refractivity contribution in [1.29, 1.82) is 5.41 Å². The normalized spacial score (nSPS) is 18.2. The van der Waals surface area contributed by atoms with Gasteiger partial charge in [-0.05, 0) is 31.2 Å². The molecule has 2 aliphatic rings. The molecule has 10 heteroatoms. The van der Waals surface area contributed by atoms with Crippen LogP contribution in [0.2, 0.25) is 0 Å². The Morgan fingerprint density at radius 2 is 2.03 bits per heavy atom. The van der Waals surface area contributed by atoms with Crippen molar-refractivity contribution in [2.75, 3.05) is 38.1 Å². The number of aliphatic hydroxyl groups excluding tert-OH is 1. The Hall–Kier alpha value is -4.05. The van der Waals surface area contributed by atoms with Crippen molar-refractivity contribution in [1.82, 2.24) is 35.8 Å². The summed E-state index contributed by atoms with van der Waals surface area (Å²) >= 11 is 0. The third kappa shape index (κ3) is 3.74. The van der Waals surface area contributed by atoms with Gasteiger partial charge in [-0.1, -0.05) is 0 Å². The first kappa shape index (κ1) is 20.8. The molecule has 0 spiro atoms. The molecule has 1 saturated heterocycles. The lowest BCUT2D eigenvalue weighted by Gasteiger charge is -2.29. The molecule has 1 aliphatic carbocycles. The van der Waals surface area contributed by atoms with E-state index in [9.17, 15) is 5.11 Å². The van der Waals surface area contributed by atoms with Crippen LogP contribution in [0.3, 0.4) is 0 Å². The second kappa shape index (κ2) is 8.47. The Morgan fingerprint density at radius 3 is 2.76 bits per heavy atom. The van der Waals surface area contributed by atoms with E-state index in [0.717, 1.165) is 42.8 Å². The summed E-state index contributed by atoms with van der Waals surface area (Å²) in [6.07, 6.45) is 4.96. The summed E-state index contributed by atoms with van der Waals surface area (Å²) in [6.45, 7) is 5.46. The summed E-state index contributed by atoms with van der Waals surface area (Å²) in [7, 11) is 1.77. The lowest BCUT2D eigenvalue weighted by atomic mass is 9.92. The van der Waals surface area contributed by atoms with Gasteiger partial charge < -0.3 is 25.6 Å². The fraction of sp³-hybridized carbons (Fsp3) is 0.261. The molecule has 0 bridgehead atoms. The maximum atomic E-state index is 10.8. The number of nitrogens with one attached hydrogen (secondary N) is 4. The molecule has 5 rings (SSSR count). The minimum atomic E-state index is -0.00596. The Kier molecular flexibility index (Phi) is 5.35. The van der Waals surface area contributed by atoms with Crippen molar-refractivity contribution in [3.63, 3.8) is 0 Å². The maximum absolute atomic E-state index is 10.8. The predicted molar refractivity (Wildman–Crippen MR) is 128 cm³/mol. The fourth-order valence-corrected chi connectivity index (χ4v) is 4.13. The SMILES string of the molecule is CN/C=C1/C=C(c2nc(-c3nnc[nH]3)c3cc(N4CCNCC4)ccc3n2)C(O)=C(C)C1=N. The van der Waals surface area contributed by atoms with Crippen molar-refractivity contribution < 1.29 is 5.11 Å². The number of hydrogen-bond donors (Lipinski definition) is 5. The van der Waals surface area contributed by atoms with Gasteiger partial charge in [-0.25, -0.2) is 9.97 Å². The first-order valence-corrected chi connectivity index (χ1v) is 10.8. The van der Waals surface area contributed by atoms with Gasteiger partial charge in [0.15, 0.2) is 11.6 Å². The number of aromatic nitrogens is 5. The van der Waals surface area contributed by atoms with E-state index in [1.54, 1.807) is 26.2 Å². The van der Waals surface area contributed by atoms with Crippen LogP contribution >= 0.6 is 0 Å². The molecule has 0 amide bonds. The van der Waals surface area contributed by atoms with Crippen LogP contribution in [-0.4, -0.2) is 69.2 Å². The number of H-pyrrole nitrogens is 1. The van der Waals surface area contributed by atoms with Crippen molar-refractivity contribution in [3.8, 4) is 11.5 Å². The zero-order valence-corrected chi connectivity index (χ0v) is 18.5. The molecule has 168 valence electrons. The van der Waals surface area contributed by atoms with Crippen LogP contribution in [0, 0.1) is 5.41 Å². The molecule has 1 aliphatic heterocycles. The van der Waals surface area contributed by atoms with Crippen LogP contribution in [0.5, 0.6) is 0 Å². The summed E-state index contributed by atoms with van der Waals surface area (Å²) < 4.78 is 0. The Bertz CT molecular complexity index is 1320. The summed E-state index contributed by atoms with van der Waals surface area (Å²) in [5, 5.41) is 34.4. The average molecular weight is 444 g/mol. The van der Waals surface area contributed by atoms with Gasteiger partial charge in [0, 0.05) is 61.6 Å². The Labute approximate surface area is 190 Å². The zero-order valence-electron chi connectivity index (χ0n) is 18.5. The van der Waals surface area contributed by atoms with E-state index in [-0.39, 0.29) is 11.5 Å². The van der Waals surface area contributed by atoms with E-state index in [4.69, 9.17) is 15.4 Å². The van der Waals surface area contributed by atoms with E-state index in [0.29, 0.717) is 34.1 Å². The van der Waals surface area contributed by atoms with Gasteiger partial charge in [0.1, 0.15) is 17.8 Å². The van der Waals surface area contributed by atoms with E-state index in [1.165, 1.54) is 6.33 Å². The lowest BCUT2D eigenvalue weighted by molar-refractivity contribution is 0.432. The quantitative estimate of drug-likeness (QED) is 0.414. The van der Waals surface area contributed by atoms with Gasteiger partial charge in [0.25, 0.3) is 0 Å². The standard InChI is InChI=1S/C23H25N9O/c1-13-19(24)14(11-25-2)9-17(21(13)33)22-29-18-4-3-15(32-7-5-26-6-8-32)10-16(18)20(30-22)23-27-12-28-31-23/h3-4,9-12,24-26,33H,5-8H2,1-2H3,(H,27,28,31)/b14-11-,24-19?. The molecule has 0 atom stereocenters. The van der Waals surface area contributed by atoms with E-state index in [1.807, 2.05) is 6.07 Å². The van der Waals surface area contributed by atoms with Crippen molar-refractivity contribution in [2.45, 2.75) is 6.92 Å². The molecule has 0 unspecified atom stereocenters. The smallest absolute Gasteiger partial charge is 0.180 e. The van der Waals surface area contributed by atoms with Gasteiger partial charge in [0.2, 0.25) is 0 Å². The van der Waals surface area contributed by atoms with Crippen molar-refractivity contribution in [2.24, 2.45) is 0 Å². The first-order chi connectivity index (χ1) is 16.1. The molecule has 3 heterocycles. The van der Waals surface area contributed by atoms with Crippen LogP contribution in [0.4, 0.5) is 5.69 Å². The van der Waals surface area contributed by atoms with Crippen molar-refractivity contribution >= 4 is 27.9 Å². The van der Waals surface area contributed by atoms with Crippen LogP contribution < -0.4 is 15.5 Å². The number of hydrogen-bond acceptors (Lipinski definition) is 9. The first-order valence-electron chi connectivity index (χ1n) is 10.8. The monoisotopic (exact) mass is 443 g/mol. The highest BCUT2D eigenvalue weighted by atomic mass is 16.3. The molecule has 2 aromatic heterocycles. The number of aromatic amines is 1. The average Bonchev–Trinajstić information content (AvgIpc) is 3.39. The van der Waals surface area contributed by atoms with E-state index >= 15 is 0 Å². The fourth-order valence-electron chi connectivity index (χ4n) is 4.13. The summed E-state index contributed by atoms with van der Waals surface area (Å²) in [4.78, 5) is 15.0. The molecule has 3 aromatic rings. The molecular weight excluding hydrogens is 418 g/mol.